The molecule has 0 spiro atoms. The molecule has 4 N–H and O–H groups in total. The third-order valence-electron chi connectivity index (χ3n) is 17.3. The minimum absolute atomic E-state index is 0.163. The van der Waals surface area contributed by atoms with Crippen molar-refractivity contribution in [3.63, 3.8) is 0 Å². The summed E-state index contributed by atoms with van der Waals surface area (Å²) in [5.74, 6) is -0.467. The molecular formula is C88H88N12O12S4. The molecule has 8 heterocycles. The summed E-state index contributed by atoms with van der Waals surface area (Å²) in [5.41, 5.74) is 15.9. The van der Waals surface area contributed by atoms with E-state index in [2.05, 4.69) is 72.1 Å². The summed E-state index contributed by atoms with van der Waals surface area (Å²) in [6.07, 6.45) is 8.06. The molecular weight excluding hydrogens is 1550 g/mol. The fourth-order valence-corrected chi connectivity index (χ4v) is 14.0. The van der Waals surface area contributed by atoms with Gasteiger partial charge in [-0.1, -0.05) is 39.8 Å². The molecule has 0 amide bonds. The zero-order valence-electron chi connectivity index (χ0n) is 65.9. The molecule has 0 aliphatic heterocycles. The summed E-state index contributed by atoms with van der Waals surface area (Å²) in [4.78, 5) is 132. The molecule has 0 aliphatic carbocycles. The third kappa shape index (κ3) is 23.2. The van der Waals surface area contributed by atoms with E-state index < -0.39 is 47.0 Å². The normalized spacial score (nSPS) is 10.5. The summed E-state index contributed by atoms with van der Waals surface area (Å²) >= 11 is 6.39. The highest BCUT2D eigenvalue weighted by molar-refractivity contribution is 7.09. The lowest BCUT2D eigenvalue weighted by Gasteiger charge is -2.15. The first kappa shape index (κ1) is 87.2. The Labute approximate surface area is 689 Å². The summed E-state index contributed by atoms with van der Waals surface area (Å²) < 4.78 is 19.1. The number of aromatic nitrogens is 8. The van der Waals surface area contributed by atoms with Gasteiger partial charge < -0.3 is 40.2 Å². The first-order valence-electron chi connectivity index (χ1n) is 37.4. The molecule has 0 fully saturated rings. The number of thiophene rings is 4. The number of nitrogens with zero attached hydrogens (tertiary/aromatic N) is 8. The maximum absolute atomic E-state index is 12.1. The molecule has 0 bridgehead atoms. The Morgan fingerprint density at radius 1 is 0.319 bits per heavy atom. The molecule has 28 heteroatoms. The highest BCUT2D eigenvalue weighted by Gasteiger charge is 2.24. The first-order valence-corrected chi connectivity index (χ1v) is 41.2. The quantitative estimate of drug-likeness (QED) is 0.0100. The van der Waals surface area contributed by atoms with Gasteiger partial charge in [-0.15, -0.1) is 13.2 Å². The van der Waals surface area contributed by atoms with Crippen LogP contribution in [0.1, 0.15) is 142 Å². The Morgan fingerprint density at radius 3 is 0.828 bits per heavy atom. The van der Waals surface area contributed by atoms with Crippen molar-refractivity contribution >= 4 is 138 Å². The van der Waals surface area contributed by atoms with E-state index in [0.29, 0.717) is 53.3 Å². The van der Waals surface area contributed by atoms with Gasteiger partial charge in [0, 0.05) is 134 Å². The second kappa shape index (κ2) is 43.5. The fraction of sp³-hybridized carbons (Fsp3) is 0.227. The third-order valence-corrected chi connectivity index (χ3v) is 20.0. The van der Waals surface area contributed by atoms with Crippen molar-refractivity contribution in [1.82, 2.24) is 39.9 Å². The number of benzene rings is 4. The Kier molecular flexibility index (Phi) is 32.7. The Hall–Kier alpha value is -12.8. The molecule has 12 rings (SSSR count). The highest BCUT2D eigenvalue weighted by atomic mass is 32.1. The predicted molar refractivity (Wildman–Crippen MR) is 459 cm³/mol. The number of ketones is 4. The Balaban J connectivity index is 0.000000177. The fourth-order valence-electron chi connectivity index (χ4n) is 11.5. The van der Waals surface area contributed by atoms with Crippen molar-refractivity contribution in [1.29, 1.82) is 0 Å². The predicted octanol–water partition coefficient (Wildman–Crippen LogP) is 19.1. The molecule has 116 heavy (non-hydrogen) atoms. The van der Waals surface area contributed by atoms with Gasteiger partial charge in [-0.25, -0.2) is 59.0 Å². The van der Waals surface area contributed by atoms with Crippen LogP contribution in [0.25, 0.3) is 45.6 Å². The van der Waals surface area contributed by atoms with Crippen LogP contribution in [0.5, 0.6) is 0 Å². The monoisotopic (exact) mass is 1630 g/mol. The number of hydrogen-bond donors (Lipinski definition) is 4. The van der Waals surface area contributed by atoms with Crippen molar-refractivity contribution in [2.45, 2.75) is 108 Å². The van der Waals surface area contributed by atoms with E-state index in [4.69, 9.17) is 48.9 Å². The van der Waals surface area contributed by atoms with Gasteiger partial charge in [0.1, 0.15) is 23.3 Å². The van der Waals surface area contributed by atoms with Gasteiger partial charge in [0.05, 0.1) is 26.4 Å². The molecule has 4 aromatic carbocycles. The van der Waals surface area contributed by atoms with Gasteiger partial charge in [0.15, 0.2) is 23.3 Å². The van der Waals surface area contributed by atoms with Gasteiger partial charge in [-0.2, -0.15) is 45.3 Å². The second-order valence-corrected chi connectivity index (χ2v) is 28.1. The van der Waals surface area contributed by atoms with E-state index in [9.17, 15) is 38.4 Å². The minimum Gasteiger partial charge on any atom is -0.460 e. The highest BCUT2D eigenvalue weighted by Crippen LogP contribution is 2.33. The van der Waals surface area contributed by atoms with Gasteiger partial charge in [-0.3, -0.25) is 19.2 Å². The number of carbonyl (C=O) groups is 8. The standard InChI is InChI=1S/C23H23N3O3S.C22H21N3O3S.C22H23N3O3S.C21H21N3O3S/c1-4-7-18-19(5-2)25-21(16-12-13-30-14-16)26-22(18)24-17-10-8-15(9-11-17)20(27)23(28)29-6-3;1-4-6-18-14(3)23-20(16-11-12-29-13-16)25-21(18)24-17-9-7-15(8-10-17)19(26)22(27)28-5-2;1-4-17-18(5-2)24-20(15-11-12-29-13-15)25-21(17)23-16-9-7-14(8-10-16)19(26)22(27)28-6-3;1-4-17-13(3)22-19(15-10-11-28-12-15)24-20(17)23-16-8-6-14(7-9-16)18(25)21(26)27-5-2/h4,8-14H,1,5-7H2,2-3H3,(H,24,25,26);4,7-13H,1,5-6H2,2-3H3,(H,23,24,25);7-13H,4-6H2,1-3H3,(H,23,24,25);6-12H,4-5H2,1-3H3,(H,22,23,24). The van der Waals surface area contributed by atoms with Crippen LogP contribution in [-0.4, -0.2) is 113 Å². The van der Waals surface area contributed by atoms with Gasteiger partial charge in [0.25, 0.3) is 23.1 Å². The molecule has 0 radical (unpaired) electrons. The first-order chi connectivity index (χ1) is 56.2. The number of anilines is 8. The largest absolute Gasteiger partial charge is 0.460 e. The molecule has 596 valence electrons. The summed E-state index contributed by atoms with van der Waals surface area (Å²) in [6, 6.07) is 34.7. The molecule has 0 aliphatic rings. The van der Waals surface area contributed by atoms with Crippen molar-refractivity contribution in [2.24, 2.45) is 0 Å². The summed E-state index contributed by atoms with van der Waals surface area (Å²) in [6.45, 7) is 27.2. The van der Waals surface area contributed by atoms with Crippen molar-refractivity contribution in [3.8, 4) is 45.6 Å². The molecule has 24 nitrogen and oxygen atoms in total. The second-order valence-electron chi connectivity index (χ2n) is 25.0. The minimum atomic E-state index is -0.853. The van der Waals surface area contributed by atoms with Crippen LogP contribution in [0.4, 0.5) is 46.0 Å². The SMILES string of the molecule is C=CCc1c(C)nc(-c2ccsc2)nc1Nc1ccc(C(=O)C(=O)OCC)cc1.C=CCc1c(CC)nc(-c2ccsc2)nc1Nc1ccc(C(=O)C(=O)OCC)cc1.CCOC(=O)C(=O)c1ccc(Nc2nc(-c3ccsc3)nc(C)c2CC)cc1.CCOC(=O)C(=O)c1ccc(Nc2nc(-c3ccsc3)nc(CC)c2CC)cc1. The zero-order valence-corrected chi connectivity index (χ0v) is 69.2. The summed E-state index contributed by atoms with van der Waals surface area (Å²) in [5, 5.41) is 29.3. The molecule has 0 atom stereocenters. The lowest BCUT2D eigenvalue weighted by molar-refractivity contribution is -0.138. The van der Waals surface area contributed by atoms with E-state index in [1.54, 1.807) is 170 Å². The van der Waals surface area contributed by atoms with Gasteiger partial charge in [0.2, 0.25) is 0 Å². The van der Waals surface area contributed by atoms with Crippen LogP contribution in [0, 0.1) is 13.8 Å². The van der Waals surface area contributed by atoms with E-state index in [0.717, 1.165) is 127 Å². The van der Waals surface area contributed by atoms with E-state index >= 15 is 0 Å². The van der Waals surface area contributed by atoms with Gasteiger partial charge in [-0.05, 0) is 223 Å². The smallest absolute Gasteiger partial charge is 0.379 e. The van der Waals surface area contributed by atoms with Crippen LogP contribution < -0.4 is 21.3 Å². The molecule has 0 saturated heterocycles. The molecule has 12 aromatic rings. The number of ether oxygens (including phenoxy) is 4. The lowest BCUT2D eigenvalue weighted by atomic mass is 10.1. The molecule has 0 unspecified atom stereocenters. The molecule has 8 aromatic heterocycles. The topological polar surface area (TPSA) is 325 Å². The number of aryl methyl sites for hydroxylation is 4. The maximum atomic E-state index is 12.1. The average molecular weight is 1630 g/mol. The Bertz CT molecular complexity index is 5390. The number of nitrogens with one attached hydrogen (secondary N) is 4. The summed E-state index contributed by atoms with van der Waals surface area (Å²) in [7, 11) is 0. The number of rotatable bonds is 32. The van der Waals surface area contributed by atoms with Crippen LogP contribution in [-0.2, 0) is 76.7 Å². The van der Waals surface area contributed by atoms with Gasteiger partial charge >= 0.3 is 23.9 Å². The number of esters is 4. The molecule has 0 saturated carbocycles. The van der Waals surface area contributed by atoms with Crippen LogP contribution in [0.2, 0.25) is 0 Å². The number of carbonyl (C=O) groups excluding carboxylic acids is 8. The van der Waals surface area contributed by atoms with Crippen LogP contribution in [0.3, 0.4) is 0 Å². The van der Waals surface area contributed by atoms with E-state index in [-0.39, 0.29) is 43.1 Å². The van der Waals surface area contributed by atoms with Crippen LogP contribution >= 0.6 is 45.3 Å². The number of Topliss-reactive ketones (excluding diaryl/α,β-unsaturated/α-hetero) is 4. The van der Waals surface area contributed by atoms with Crippen molar-refractivity contribution in [3.05, 3.63) is 257 Å². The lowest BCUT2D eigenvalue weighted by Crippen LogP contribution is -2.17. The van der Waals surface area contributed by atoms with Crippen LogP contribution in [0.15, 0.2) is 190 Å². The average Bonchev–Trinajstić information content (AvgIpc) is 1.17. The van der Waals surface area contributed by atoms with E-state index in [1.807, 2.05) is 93.3 Å². The zero-order chi connectivity index (χ0) is 83.2. The Morgan fingerprint density at radius 2 is 0.569 bits per heavy atom. The van der Waals surface area contributed by atoms with E-state index in [1.165, 1.54) is 0 Å². The maximum Gasteiger partial charge on any atom is 0.379 e. The number of hydrogen-bond acceptors (Lipinski definition) is 28. The van der Waals surface area contributed by atoms with Crippen molar-refractivity contribution < 1.29 is 57.3 Å². The van der Waals surface area contributed by atoms with Crippen molar-refractivity contribution in [2.75, 3.05) is 47.7 Å². The number of allylic oxidation sites excluding steroid dienone is 2.